The largest absolute Gasteiger partial charge is 0.323 e. The Bertz CT molecular complexity index is 1010. The van der Waals surface area contributed by atoms with Gasteiger partial charge in [-0.3, -0.25) is 0 Å². The lowest BCUT2D eigenvalue weighted by atomic mass is 10.2. The molecule has 0 saturated carbocycles. The Morgan fingerprint density at radius 3 is 2.37 bits per heavy atom. The van der Waals surface area contributed by atoms with Gasteiger partial charge in [0.2, 0.25) is 0 Å². The highest BCUT2D eigenvalue weighted by Crippen LogP contribution is 2.22. The lowest BCUT2D eigenvalue weighted by molar-refractivity contribution is 0.117. The summed E-state index contributed by atoms with van der Waals surface area (Å²) in [5, 5.41) is 2.57. The van der Waals surface area contributed by atoms with Gasteiger partial charge in [-0.2, -0.15) is 17.0 Å². The van der Waals surface area contributed by atoms with Crippen molar-refractivity contribution >= 4 is 36.2 Å². The zero-order valence-corrected chi connectivity index (χ0v) is 17.4. The number of rotatable bonds is 8. The molecule has 2 rings (SSSR count). The molecule has 14 heteroatoms. The highest BCUT2D eigenvalue weighted by Gasteiger charge is 2.32. The molecule has 1 aromatic carbocycles. The van der Waals surface area contributed by atoms with Crippen molar-refractivity contribution in [3.63, 3.8) is 0 Å². The first kappa shape index (κ1) is 21.8. The van der Waals surface area contributed by atoms with Gasteiger partial charge in [0.05, 0.1) is 6.54 Å². The van der Waals surface area contributed by atoms with Crippen LogP contribution in [0.2, 0.25) is 0 Å². The zero-order valence-electron chi connectivity index (χ0n) is 14.2. The number of sulfonamides is 1. The predicted molar refractivity (Wildman–Crippen MR) is 95.8 cm³/mol. The second-order valence-electron chi connectivity index (χ2n) is 5.47. The number of halogens is 3. The molecule has 1 aromatic heterocycles. The molecule has 2 aromatic rings. The Labute approximate surface area is 164 Å². The number of hydrogen-bond acceptors (Lipinski definition) is 6. The van der Waals surface area contributed by atoms with Gasteiger partial charge in [0.1, 0.15) is 6.33 Å². The Hall–Kier alpha value is -1.48. The highest BCUT2D eigenvalue weighted by atomic mass is 79.9. The van der Waals surface area contributed by atoms with Gasteiger partial charge in [-0.25, -0.2) is 22.2 Å². The molecule has 0 amide bonds. The average molecular weight is 488 g/mol. The zero-order chi connectivity index (χ0) is 20.4. The summed E-state index contributed by atoms with van der Waals surface area (Å²) in [6.07, 6.45) is -2.25. The van der Waals surface area contributed by atoms with E-state index in [1.807, 2.05) is 0 Å². The molecule has 1 heterocycles. The predicted octanol–water partition coefficient (Wildman–Crippen LogP) is 1.15. The minimum Gasteiger partial charge on any atom is -0.209 e. The molecule has 0 saturated heterocycles. The molecule has 0 aliphatic rings. The number of nitrogens with zero attached hydrogens (tertiary/aromatic N) is 5. The summed E-state index contributed by atoms with van der Waals surface area (Å²) in [5.41, 5.74) is 0.446. The summed E-state index contributed by atoms with van der Waals surface area (Å²) < 4.78 is 77.6. The third-order valence-electron chi connectivity index (χ3n) is 3.37. The van der Waals surface area contributed by atoms with E-state index >= 15 is 0 Å². The maximum atomic E-state index is 13.0. The molecule has 0 unspecified atom stereocenters. The SMILES string of the molecule is CN(C)S(=O)(=O)n1cnc(S(=O)(=O)N(Cc2ccccc2Br)CC(F)F)n1. The minimum absolute atomic E-state index is 0.360. The first-order chi connectivity index (χ1) is 12.5. The summed E-state index contributed by atoms with van der Waals surface area (Å²) in [6.45, 7) is -1.47. The quantitative estimate of drug-likeness (QED) is 0.552. The maximum Gasteiger partial charge on any atom is 0.323 e. The van der Waals surface area contributed by atoms with Crippen molar-refractivity contribution in [2.75, 3.05) is 20.6 Å². The van der Waals surface area contributed by atoms with Crippen LogP contribution < -0.4 is 0 Å². The van der Waals surface area contributed by atoms with E-state index in [0.717, 1.165) is 4.31 Å². The second kappa shape index (κ2) is 8.26. The third kappa shape index (κ3) is 4.87. The van der Waals surface area contributed by atoms with Crippen LogP contribution in [0.15, 0.2) is 40.2 Å². The summed E-state index contributed by atoms with van der Waals surface area (Å²) in [7, 11) is -6.22. The van der Waals surface area contributed by atoms with E-state index in [0.29, 0.717) is 24.8 Å². The molecule has 0 bridgehead atoms. The summed E-state index contributed by atoms with van der Waals surface area (Å²) in [5.74, 6) is 0. The Balaban J connectivity index is 2.43. The molecule has 150 valence electrons. The van der Waals surface area contributed by atoms with E-state index < -0.39 is 38.4 Å². The number of benzene rings is 1. The molecule has 0 aliphatic heterocycles. The van der Waals surface area contributed by atoms with Gasteiger partial charge in [-0.05, 0) is 11.6 Å². The van der Waals surface area contributed by atoms with E-state index in [1.165, 1.54) is 14.1 Å². The normalized spacial score (nSPS) is 13.0. The van der Waals surface area contributed by atoms with E-state index in [4.69, 9.17) is 0 Å². The Kier molecular flexibility index (Phi) is 6.68. The van der Waals surface area contributed by atoms with Crippen molar-refractivity contribution in [3.05, 3.63) is 40.6 Å². The molecule has 0 N–H and O–H groups in total. The van der Waals surface area contributed by atoms with Crippen LogP contribution in [-0.2, 0) is 26.8 Å². The van der Waals surface area contributed by atoms with Crippen LogP contribution in [0.25, 0.3) is 0 Å². The average Bonchev–Trinajstić information content (AvgIpc) is 3.07. The Morgan fingerprint density at radius 2 is 1.81 bits per heavy atom. The monoisotopic (exact) mass is 487 g/mol. The van der Waals surface area contributed by atoms with Gasteiger partial charge in [0.15, 0.2) is 0 Å². The van der Waals surface area contributed by atoms with E-state index in [1.54, 1.807) is 24.3 Å². The van der Waals surface area contributed by atoms with Crippen LogP contribution in [0.1, 0.15) is 5.56 Å². The number of hydrogen-bond donors (Lipinski definition) is 0. The van der Waals surface area contributed by atoms with Crippen molar-refractivity contribution in [3.8, 4) is 0 Å². The van der Waals surface area contributed by atoms with Gasteiger partial charge < -0.3 is 0 Å². The lowest BCUT2D eigenvalue weighted by Crippen LogP contribution is -2.36. The van der Waals surface area contributed by atoms with Crippen molar-refractivity contribution in [2.24, 2.45) is 0 Å². The van der Waals surface area contributed by atoms with Crippen LogP contribution in [-0.4, -0.2) is 66.7 Å². The molecule has 0 atom stereocenters. The fraction of sp³-hybridized carbons (Fsp3) is 0.385. The van der Waals surface area contributed by atoms with Gasteiger partial charge >= 0.3 is 10.2 Å². The smallest absolute Gasteiger partial charge is 0.209 e. The van der Waals surface area contributed by atoms with Crippen molar-refractivity contribution in [1.82, 2.24) is 22.8 Å². The van der Waals surface area contributed by atoms with Gasteiger partial charge in [0, 0.05) is 25.1 Å². The molecular weight excluding hydrogens is 472 g/mol. The summed E-state index contributed by atoms with van der Waals surface area (Å²) in [4.78, 5) is 3.49. The highest BCUT2D eigenvalue weighted by molar-refractivity contribution is 9.10. The van der Waals surface area contributed by atoms with Gasteiger partial charge in [-0.1, -0.05) is 34.1 Å². The van der Waals surface area contributed by atoms with E-state index in [9.17, 15) is 25.6 Å². The number of aromatic nitrogens is 3. The van der Waals surface area contributed by atoms with Crippen LogP contribution >= 0.6 is 15.9 Å². The minimum atomic E-state index is -4.57. The van der Waals surface area contributed by atoms with Crippen molar-refractivity contribution < 1.29 is 25.6 Å². The molecular formula is C13H16BrF2N5O4S2. The summed E-state index contributed by atoms with van der Waals surface area (Å²) >= 11 is 3.23. The fourth-order valence-corrected chi connectivity index (χ4v) is 4.33. The molecule has 0 aliphatic carbocycles. The van der Waals surface area contributed by atoms with E-state index in [2.05, 4.69) is 26.0 Å². The van der Waals surface area contributed by atoms with Crippen LogP contribution in [0, 0.1) is 0 Å². The van der Waals surface area contributed by atoms with Gasteiger partial charge in [-0.15, -0.1) is 9.19 Å². The van der Waals surface area contributed by atoms with Crippen LogP contribution in [0.3, 0.4) is 0 Å². The Morgan fingerprint density at radius 1 is 1.19 bits per heavy atom. The molecule has 0 radical (unpaired) electrons. The molecule has 27 heavy (non-hydrogen) atoms. The molecule has 0 fully saturated rings. The standard InChI is InChI=1S/C13H16BrF2N5O4S2/c1-19(2)27(24,25)21-9-17-13(18-21)26(22,23)20(8-12(15)16)7-10-5-3-4-6-11(10)14/h3-6,9,12H,7-8H2,1-2H3. The first-order valence-corrected chi connectivity index (χ1v) is 11.0. The van der Waals surface area contributed by atoms with Crippen molar-refractivity contribution in [2.45, 2.75) is 18.1 Å². The van der Waals surface area contributed by atoms with Gasteiger partial charge in [0.25, 0.3) is 21.6 Å². The van der Waals surface area contributed by atoms with E-state index in [-0.39, 0.29) is 6.54 Å². The first-order valence-electron chi connectivity index (χ1n) is 7.32. The van der Waals surface area contributed by atoms with Crippen molar-refractivity contribution in [1.29, 1.82) is 0 Å². The molecule has 9 nitrogen and oxygen atoms in total. The number of alkyl halides is 2. The molecule has 0 spiro atoms. The maximum absolute atomic E-state index is 13.0. The second-order valence-corrected chi connectivity index (χ2v) is 10.2. The van der Waals surface area contributed by atoms with Crippen LogP contribution in [0.5, 0.6) is 0 Å². The topological polar surface area (TPSA) is 105 Å². The lowest BCUT2D eigenvalue weighted by Gasteiger charge is -2.20. The fourth-order valence-electron chi connectivity index (χ4n) is 1.97. The summed E-state index contributed by atoms with van der Waals surface area (Å²) in [6, 6.07) is 6.53. The third-order valence-corrected chi connectivity index (χ3v) is 7.32. The van der Waals surface area contributed by atoms with Crippen LogP contribution in [0.4, 0.5) is 8.78 Å².